The van der Waals surface area contributed by atoms with E-state index < -0.39 is 58.0 Å². The average molecular weight is 606 g/mol. The number of rotatable bonds is 7. The zero-order valence-corrected chi connectivity index (χ0v) is 25.7. The summed E-state index contributed by atoms with van der Waals surface area (Å²) in [6.07, 6.45) is 0.189. The van der Waals surface area contributed by atoms with Gasteiger partial charge in [-0.15, -0.1) is 0 Å². The lowest BCUT2D eigenvalue weighted by Crippen LogP contribution is -2.63. The number of phenolic OH excluding ortho intramolecular Hbond substituents is 1. The van der Waals surface area contributed by atoms with Gasteiger partial charge in [-0.3, -0.25) is 24.2 Å². The van der Waals surface area contributed by atoms with Gasteiger partial charge in [0.1, 0.15) is 28.6 Å². The van der Waals surface area contributed by atoms with Gasteiger partial charge in [-0.25, -0.2) is 0 Å². The van der Waals surface area contributed by atoms with Crippen molar-refractivity contribution >= 4 is 17.5 Å². The summed E-state index contributed by atoms with van der Waals surface area (Å²) in [4.78, 5) is 43.5. The van der Waals surface area contributed by atoms with Crippen LogP contribution < -0.4 is 10.5 Å². The van der Waals surface area contributed by atoms with Crippen LogP contribution in [0.1, 0.15) is 41.8 Å². The van der Waals surface area contributed by atoms with Crippen molar-refractivity contribution in [2.24, 2.45) is 17.6 Å². The van der Waals surface area contributed by atoms with Gasteiger partial charge in [0, 0.05) is 29.6 Å². The van der Waals surface area contributed by atoms with Crippen LogP contribution in [0.3, 0.4) is 0 Å². The van der Waals surface area contributed by atoms with E-state index >= 15 is 0 Å². The van der Waals surface area contributed by atoms with Gasteiger partial charge in [-0.2, -0.15) is 0 Å². The van der Waals surface area contributed by atoms with E-state index in [-0.39, 0.29) is 29.7 Å². The number of nitrogens with zero attached hydrogens (tertiary/aromatic N) is 2. The Bertz CT molecular complexity index is 1640. The Labute approximate surface area is 255 Å². The van der Waals surface area contributed by atoms with Crippen molar-refractivity contribution in [1.29, 1.82) is 0 Å². The van der Waals surface area contributed by atoms with Crippen molar-refractivity contribution < 1.29 is 39.5 Å². The first kappa shape index (κ1) is 31.2. The smallest absolute Gasteiger partial charge is 0.255 e. The second-order valence-electron chi connectivity index (χ2n) is 12.5. The van der Waals surface area contributed by atoms with E-state index in [0.717, 1.165) is 11.1 Å². The molecule has 2 aromatic carbocycles. The van der Waals surface area contributed by atoms with E-state index in [9.17, 15) is 34.8 Å². The summed E-state index contributed by atoms with van der Waals surface area (Å²) in [5.41, 5.74) is 4.59. The first-order valence-corrected chi connectivity index (χ1v) is 14.5. The molecule has 0 spiro atoms. The second kappa shape index (κ2) is 11.1. The van der Waals surface area contributed by atoms with Crippen LogP contribution in [-0.2, 0) is 22.6 Å². The van der Waals surface area contributed by atoms with Crippen molar-refractivity contribution in [3.63, 3.8) is 0 Å². The number of ether oxygens (including phenoxy) is 1. The van der Waals surface area contributed by atoms with Crippen molar-refractivity contribution in [3.05, 3.63) is 69.7 Å². The third-order valence-corrected chi connectivity index (χ3v) is 9.47. The molecule has 0 saturated heterocycles. The second-order valence-corrected chi connectivity index (χ2v) is 12.5. The van der Waals surface area contributed by atoms with E-state index in [0.29, 0.717) is 29.5 Å². The summed E-state index contributed by atoms with van der Waals surface area (Å²) >= 11 is 0. The number of nitrogens with two attached hydrogens (primary N) is 1. The van der Waals surface area contributed by atoms with E-state index in [1.165, 1.54) is 11.0 Å². The first-order chi connectivity index (χ1) is 20.6. The van der Waals surface area contributed by atoms with Crippen molar-refractivity contribution in [3.8, 4) is 22.6 Å². The summed E-state index contributed by atoms with van der Waals surface area (Å²) in [6.45, 7) is 4.87. The van der Waals surface area contributed by atoms with Gasteiger partial charge in [0.05, 0.1) is 18.7 Å². The molecule has 5 rings (SSSR count). The van der Waals surface area contributed by atoms with Crippen LogP contribution >= 0.6 is 0 Å². The fraction of sp³-hybridized carbons (Fsp3) is 0.424. The predicted molar refractivity (Wildman–Crippen MR) is 162 cm³/mol. The third-order valence-electron chi connectivity index (χ3n) is 9.47. The Hall–Kier alpha value is -4.19. The molecule has 44 heavy (non-hydrogen) atoms. The van der Waals surface area contributed by atoms with Crippen LogP contribution in [0.5, 0.6) is 11.5 Å². The minimum atomic E-state index is -2.68. The lowest BCUT2D eigenvalue weighted by molar-refractivity contribution is -0.148. The number of carbonyl (C=O) groups is 3. The SMILES string of the molecule is COc1ccc(CN(C)C(C)C)cc1-c1ccc(O)c2c1C[C@H]1C[C@H]3[C@H](N(C)C)C(O)=C(C(N)=O)C(=O)[C@@]3(O)C(O)=C1C2=O. The number of fused-ring (bicyclic) bond motifs is 3. The van der Waals surface area contributed by atoms with Crippen LogP contribution in [0.15, 0.2) is 53.0 Å². The number of hydrogen-bond acceptors (Lipinski definition) is 10. The number of allylic oxidation sites excluding steroid dienone is 1. The molecule has 6 N–H and O–H groups in total. The molecular formula is C33H39N3O8. The zero-order chi connectivity index (χ0) is 32.4. The molecule has 11 heteroatoms. The summed E-state index contributed by atoms with van der Waals surface area (Å²) in [5, 5.41) is 45.3. The lowest BCUT2D eigenvalue weighted by Gasteiger charge is -2.50. The number of phenols is 1. The molecule has 234 valence electrons. The number of methoxy groups -OCH3 is 1. The van der Waals surface area contributed by atoms with Crippen molar-refractivity contribution in [2.75, 3.05) is 28.3 Å². The highest BCUT2D eigenvalue weighted by Crippen LogP contribution is 2.53. The van der Waals surface area contributed by atoms with Crippen molar-refractivity contribution in [1.82, 2.24) is 9.80 Å². The molecule has 3 aliphatic carbocycles. The molecule has 0 saturated carbocycles. The molecule has 0 aliphatic heterocycles. The quantitative estimate of drug-likeness (QED) is 0.295. The molecule has 0 bridgehead atoms. The molecule has 0 radical (unpaired) electrons. The number of carbonyl (C=O) groups excluding carboxylic acids is 3. The largest absolute Gasteiger partial charge is 0.510 e. The van der Waals surface area contributed by atoms with Crippen LogP contribution in [0.4, 0.5) is 0 Å². The molecule has 2 aromatic rings. The predicted octanol–water partition coefficient (Wildman–Crippen LogP) is 2.64. The number of aromatic hydroxyl groups is 1. The number of likely N-dealkylation sites (N-methyl/N-ethyl adjacent to an activating group) is 1. The Kier molecular flexibility index (Phi) is 7.86. The van der Waals surface area contributed by atoms with Gasteiger partial charge in [0.25, 0.3) is 5.91 Å². The maximum absolute atomic E-state index is 14.1. The van der Waals surface area contributed by atoms with Gasteiger partial charge in [0.15, 0.2) is 11.4 Å². The lowest BCUT2D eigenvalue weighted by atomic mass is 9.58. The van der Waals surface area contributed by atoms with Gasteiger partial charge >= 0.3 is 0 Å². The van der Waals surface area contributed by atoms with E-state index in [2.05, 4.69) is 18.7 Å². The molecule has 0 unspecified atom stereocenters. The Morgan fingerprint density at radius 1 is 1.09 bits per heavy atom. The highest BCUT2D eigenvalue weighted by molar-refractivity contribution is 6.25. The van der Waals surface area contributed by atoms with Crippen LogP contribution in [0, 0.1) is 11.8 Å². The van der Waals surface area contributed by atoms with Gasteiger partial charge in [0.2, 0.25) is 5.78 Å². The number of benzene rings is 2. The van der Waals surface area contributed by atoms with E-state index in [4.69, 9.17) is 10.5 Å². The molecular weight excluding hydrogens is 566 g/mol. The monoisotopic (exact) mass is 605 g/mol. The molecule has 0 fully saturated rings. The zero-order valence-electron chi connectivity index (χ0n) is 25.7. The van der Waals surface area contributed by atoms with Gasteiger partial charge in [-0.1, -0.05) is 12.1 Å². The average Bonchev–Trinajstić information content (AvgIpc) is 2.94. The van der Waals surface area contributed by atoms with Crippen LogP contribution in [0.2, 0.25) is 0 Å². The maximum Gasteiger partial charge on any atom is 0.255 e. The minimum Gasteiger partial charge on any atom is -0.510 e. The standard InChI is InChI=1S/C33H39N3O8/c1-15(2)36(5)14-16-7-10-23(44-6)19(11-16)18-8-9-22(37)25-20(18)12-17-13-21-27(35(3)4)29(39)26(32(34)42)31(41)33(21,43)30(40)24(17)28(25)38/h7-11,15,17,21,27,37,39-40,43H,12-14H2,1-6H3,(H2,34,42)/t17-,21-,27-,33-/m0/s1. The number of primary amides is 1. The third kappa shape index (κ3) is 4.58. The summed E-state index contributed by atoms with van der Waals surface area (Å²) in [6, 6.07) is 8.21. The van der Waals surface area contributed by atoms with Gasteiger partial charge in [-0.05, 0) is 88.6 Å². The molecule has 11 nitrogen and oxygen atoms in total. The Morgan fingerprint density at radius 3 is 2.36 bits per heavy atom. The number of aliphatic hydroxyl groups is 3. The fourth-order valence-corrected chi connectivity index (χ4v) is 7.04. The topological polar surface area (TPSA) is 174 Å². The maximum atomic E-state index is 14.1. The van der Waals surface area contributed by atoms with Crippen LogP contribution in [-0.4, -0.2) is 93.6 Å². The highest BCUT2D eigenvalue weighted by Gasteiger charge is 2.63. The normalized spacial score (nSPS) is 25.0. The molecule has 1 amide bonds. The number of Topliss-reactive ketones (excluding diaryl/α,β-unsaturated/α-hetero) is 2. The molecule has 4 atom stereocenters. The Balaban J connectivity index is 1.69. The number of amides is 1. The van der Waals surface area contributed by atoms with Crippen molar-refractivity contribution in [2.45, 2.75) is 50.9 Å². The summed E-state index contributed by atoms with van der Waals surface area (Å²) in [7, 11) is 6.77. The van der Waals surface area contributed by atoms with E-state index in [1.807, 2.05) is 25.2 Å². The Morgan fingerprint density at radius 2 is 1.77 bits per heavy atom. The van der Waals surface area contributed by atoms with E-state index in [1.54, 1.807) is 27.3 Å². The minimum absolute atomic E-state index is 0.0111. The molecule has 0 heterocycles. The van der Waals surface area contributed by atoms with Crippen LogP contribution in [0.25, 0.3) is 11.1 Å². The molecule has 3 aliphatic rings. The molecule has 0 aromatic heterocycles. The summed E-state index contributed by atoms with van der Waals surface area (Å²) in [5.74, 6) is -6.27. The number of ketones is 2. The highest BCUT2D eigenvalue weighted by atomic mass is 16.5. The van der Waals surface area contributed by atoms with Gasteiger partial charge < -0.3 is 30.9 Å². The first-order valence-electron chi connectivity index (χ1n) is 14.5. The number of aliphatic hydroxyl groups excluding tert-OH is 2. The summed E-state index contributed by atoms with van der Waals surface area (Å²) < 4.78 is 5.70. The number of hydrogen-bond donors (Lipinski definition) is 5. The fourth-order valence-electron chi connectivity index (χ4n) is 7.04.